The first kappa shape index (κ1) is 22.9. The zero-order valence-corrected chi connectivity index (χ0v) is 20.8. The number of aryl methyl sites for hydroxylation is 3. The summed E-state index contributed by atoms with van der Waals surface area (Å²) < 4.78 is 19.6. The van der Waals surface area contributed by atoms with Crippen molar-refractivity contribution in [3.8, 4) is 11.4 Å². The van der Waals surface area contributed by atoms with Gasteiger partial charge in [-0.05, 0) is 80.9 Å². The minimum atomic E-state index is -0.354. The fraction of sp³-hybridized carbons (Fsp3) is 0.179. The Bertz CT molecular complexity index is 1440. The molecule has 0 spiro atoms. The number of thiocarbonyl (C=S) groups is 1. The molecule has 0 fully saturated rings. The molecule has 0 radical (unpaired) electrons. The lowest BCUT2D eigenvalue weighted by Crippen LogP contribution is -2.46. The van der Waals surface area contributed by atoms with Gasteiger partial charge in [0.1, 0.15) is 5.82 Å². The maximum atomic E-state index is 13.8. The number of hydrogen-bond donors (Lipinski definition) is 1. The van der Waals surface area contributed by atoms with Crippen LogP contribution in [-0.2, 0) is 0 Å². The molecule has 0 saturated heterocycles. The van der Waals surface area contributed by atoms with Crippen LogP contribution in [0.4, 0.5) is 10.1 Å². The molecule has 1 aliphatic rings. The predicted octanol–water partition coefficient (Wildman–Crippen LogP) is 6.67. The second kappa shape index (κ2) is 9.07. The van der Waals surface area contributed by atoms with Crippen molar-refractivity contribution in [2.24, 2.45) is 0 Å². The lowest BCUT2D eigenvalue weighted by Gasteiger charge is -2.37. The highest BCUT2D eigenvalue weighted by Gasteiger charge is 2.35. The number of halogens is 1. The molecule has 35 heavy (non-hydrogen) atoms. The van der Waals surface area contributed by atoms with E-state index < -0.39 is 0 Å². The van der Waals surface area contributed by atoms with Gasteiger partial charge in [-0.2, -0.15) is 4.98 Å². The first-order chi connectivity index (χ1) is 16.8. The van der Waals surface area contributed by atoms with Crippen LogP contribution in [0.15, 0.2) is 77.0 Å². The topological polar surface area (TPSA) is 54.2 Å². The number of nitrogens with one attached hydrogen (secondary N) is 1. The van der Waals surface area contributed by atoms with Crippen molar-refractivity contribution in [2.75, 3.05) is 4.90 Å². The molecule has 0 amide bonds. The fourth-order valence-corrected chi connectivity index (χ4v) is 4.86. The number of hydrogen-bond acceptors (Lipinski definition) is 4. The van der Waals surface area contributed by atoms with Gasteiger partial charge in [0, 0.05) is 16.9 Å². The van der Waals surface area contributed by atoms with Gasteiger partial charge in [0.05, 0.1) is 11.6 Å². The van der Waals surface area contributed by atoms with E-state index in [4.69, 9.17) is 16.7 Å². The summed E-state index contributed by atoms with van der Waals surface area (Å²) in [5, 5.41) is 8.24. The second-order valence-electron chi connectivity index (χ2n) is 8.91. The third kappa shape index (κ3) is 4.47. The van der Waals surface area contributed by atoms with Crippen molar-refractivity contribution in [3.63, 3.8) is 0 Å². The highest BCUT2D eigenvalue weighted by molar-refractivity contribution is 7.80. The van der Waals surface area contributed by atoms with E-state index in [2.05, 4.69) is 78.7 Å². The molecule has 1 aromatic heterocycles. The smallest absolute Gasteiger partial charge is 0.258 e. The van der Waals surface area contributed by atoms with Gasteiger partial charge in [-0.3, -0.25) is 4.90 Å². The van der Waals surface area contributed by atoms with Crippen LogP contribution < -0.4 is 10.2 Å². The zero-order chi connectivity index (χ0) is 24.7. The second-order valence-corrected chi connectivity index (χ2v) is 9.29. The maximum Gasteiger partial charge on any atom is 0.258 e. The molecule has 1 N–H and O–H groups in total. The Labute approximate surface area is 209 Å². The molecule has 5 rings (SSSR count). The maximum absolute atomic E-state index is 13.8. The highest BCUT2D eigenvalue weighted by Crippen LogP contribution is 2.39. The largest absolute Gasteiger partial charge is 0.351 e. The number of benzene rings is 3. The summed E-state index contributed by atoms with van der Waals surface area (Å²) in [7, 11) is 0. The number of aromatic nitrogens is 2. The number of nitrogens with zero attached hydrogens (tertiary/aromatic N) is 3. The minimum Gasteiger partial charge on any atom is -0.351 e. The van der Waals surface area contributed by atoms with Crippen LogP contribution in [0.2, 0.25) is 0 Å². The van der Waals surface area contributed by atoms with Gasteiger partial charge in [0.2, 0.25) is 5.82 Å². The molecule has 0 bridgehead atoms. The lowest BCUT2D eigenvalue weighted by molar-refractivity contribution is 0.404. The summed E-state index contributed by atoms with van der Waals surface area (Å²) in [6.45, 7) is 8.19. The normalized spacial score (nSPS) is 16.0. The molecule has 0 aliphatic carbocycles. The van der Waals surface area contributed by atoms with E-state index in [1.54, 1.807) is 12.1 Å². The average molecular weight is 485 g/mol. The quantitative estimate of drug-likeness (QED) is 0.327. The third-order valence-electron chi connectivity index (χ3n) is 6.10. The van der Waals surface area contributed by atoms with E-state index in [0.29, 0.717) is 22.4 Å². The van der Waals surface area contributed by atoms with E-state index >= 15 is 0 Å². The molecule has 1 unspecified atom stereocenters. The summed E-state index contributed by atoms with van der Waals surface area (Å²) in [5.74, 6) is 0.331. The van der Waals surface area contributed by atoms with Gasteiger partial charge in [0.15, 0.2) is 5.11 Å². The highest BCUT2D eigenvalue weighted by atomic mass is 32.1. The molecule has 3 aromatic carbocycles. The van der Waals surface area contributed by atoms with Crippen molar-refractivity contribution < 1.29 is 8.91 Å². The Kier molecular flexibility index (Phi) is 5.94. The molecule has 2 heterocycles. The van der Waals surface area contributed by atoms with Crippen LogP contribution in [0.3, 0.4) is 0 Å². The van der Waals surface area contributed by atoms with Crippen LogP contribution in [0.1, 0.15) is 41.1 Å². The van der Waals surface area contributed by atoms with E-state index in [-0.39, 0.29) is 11.9 Å². The summed E-state index contributed by atoms with van der Waals surface area (Å²) >= 11 is 5.85. The molecule has 0 saturated carbocycles. The molecule has 176 valence electrons. The summed E-state index contributed by atoms with van der Waals surface area (Å²) in [6.07, 6.45) is 0. The van der Waals surface area contributed by atoms with Gasteiger partial charge >= 0.3 is 0 Å². The van der Waals surface area contributed by atoms with E-state index in [9.17, 15) is 4.39 Å². The SMILES string of the molecule is CC1=C(c2nc(-c3cccc(F)c3)no2)C(c2ccc(C)cc2)NC(=S)N1c1cc(C)cc(C)c1. The van der Waals surface area contributed by atoms with Gasteiger partial charge in [-0.25, -0.2) is 4.39 Å². The average Bonchev–Trinajstić information content (AvgIpc) is 3.28. The standard InChI is InChI=1S/C28H25FN4OS/c1-16-8-10-20(11-9-16)25-24(27-31-26(32-34-27)21-6-5-7-22(29)15-21)19(4)33(28(35)30-25)23-13-17(2)12-18(3)14-23/h5-15,25H,1-4H3,(H,30,35). The molecule has 4 aromatic rings. The molecular weight excluding hydrogens is 459 g/mol. The Balaban J connectivity index is 1.67. The van der Waals surface area contributed by atoms with Crippen LogP contribution >= 0.6 is 12.2 Å². The third-order valence-corrected chi connectivity index (χ3v) is 6.40. The number of anilines is 1. The van der Waals surface area contributed by atoms with Gasteiger partial charge in [-0.1, -0.05) is 53.2 Å². The molecule has 7 heteroatoms. The molecule has 1 aliphatic heterocycles. The van der Waals surface area contributed by atoms with Gasteiger partial charge in [0.25, 0.3) is 5.89 Å². The predicted molar refractivity (Wildman–Crippen MR) is 140 cm³/mol. The van der Waals surface area contributed by atoms with Crippen LogP contribution in [-0.4, -0.2) is 15.3 Å². The Hall–Kier alpha value is -3.84. The van der Waals surface area contributed by atoms with Gasteiger partial charge < -0.3 is 9.84 Å². The van der Waals surface area contributed by atoms with E-state index in [0.717, 1.165) is 39.2 Å². The lowest BCUT2D eigenvalue weighted by atomic mass is 9.94. The van der Waals surface area contributed by atoms with Crippen LogP contribution in [0.25, 0.3) is 17.0 Å². The zero-order valence-electron chi connectivity index (χ0n) is 20.0. The first-order valence-electron chi connectivity index (χ1n) is 11.4. The van der Waals surface area contributed by atoms with E-state index in [1.165, 1.54) is 12.1 Å². The minimum absolute atomic E-state index is 0.286. The monoisotopic (exact) mass is 484 g/mol. The fourth-order valence-electron chi connectivity index (χ4n) is 4.50. The molecular formula is C28H25FN4OS. The van der Waals surface area contributed by atoms with Crippen LogP contribution in [0, 0.1) is 26.6 Å². The van der Waals surface area contributed by atoms with Gasteiger partial charge in [-0.15, -0.1) is 0 Å². The summed E-state index contributed by atoms with van der Waals surface area (Å²) in [5.41, 5.74) is 7.69. The van der Waals surface area contributed by atoms with Crippen LogP contribution in [0.5, 0.6) is 0 Å². The Morgan fingerprint density at radius 2 is 1.63 bits per heavy atom. The number of rotatable bonds is 4. The Morgan fingerprint density at radius 1 is 0.914 bits per heavy atom. The summed E-state index contributed by atoms with van der Waals surface area (Å²) in [6, 6.07) is 20.5. The van der Waals surface area contributed by atoms with Crippen molar-refractivity contribution in [2.45, 2.75) is 33.7 Å². The van der Waals surface area contributed by atoms with Crippen molar-refractivity contribution in [3.05, 3.63) is 106 Å². The molecule has 1 atom stereocenters. The Morgan fingerprint density at radius 3 is 2.31 bits per heavy atom. The van der Waals surface area contributed by atoms with E-state index in [1.807, 2.05) is 11.8 Å². The van der Waals surface area contributed by atoms with Crippen molar-refractivity contribution in [1.29, 1.82) is 0 Å². The number of allylic oxidation sites excluding steroid dienone is 1. The molecule has 5 nitrogen and oxygen atoms in total. The van der Waals surface area contributed by atoms with Crippen molar-refractivity contribution in [1.82, 2.24) is 15.5 Å². The summed E-state index contributed by atoms with van der Waals surface area (Å²) in [4.78, 5) is 6.67. The van der Waals surface area contributed by atoms with Crippen molar-refractivity contribution >= 4 is 28.6 Å². The first-order valence-corrected chi connectivity index (χ1v) is 11.8.